The molecule has 1 aromatic carbocycles. The van der Waals surface area contributed by atoms with Crippen LogP contribution in [0.2, 0.25) is 0 Å². The molecule has 0 radical (unpaired) electrons. The Morgan fingerprint density at radius 2 is 1.65 bits per heavy atom. The Labute approximate surface area is 121 Å². The van der Waals surface area contributed by atoms with E-state index in [9.17, 15) is 0 Å². The second kappa shape index (κ2) is 4.23. The molecule has 1 aliphatic rings. The van der Waals surface area contributed by atoms with Gasteiger partial charge in [-0.1, -0.05) is 13.8 Å². The molecule has 0 bridgehead atoms. The topological polar surface area (TPSA) is 59.0 Å². The lowest BCUT2D eigenvalue weighted by Gasteiger charge is -2.64. The molecule has 3 heteroatoms. The highest BCUT2D eigenvalue weighted by Gasteiger charge is 2.64. The molecule has 1 saturated carbocycles. The van der Waals surface area contributed by atoms with Gasteiger partial charge in [-0.2, -0.15) is 5.26 Å². The van der Waals surface area contributed by atoms with Crippen LogP contribution in [0, 0.1) is 30.6 Å². The third-order valence-electron chi connectivity index (χ3n) is 5.42. The van der Waals surface area contributed by atoms with Crippen LogP contribution < -0.4 is 10.5 Å². The van der Waals surface area contributed by atoms with E-state index in [-0.39, 0.29) is 16.6 Å². The van der Waals surface area contributed by atoms with Crippen molar-refractivity contribution < 1.29 is 4.74 Å². The maximum atomic E-state index is 9.12. The SMILES string of the molecule is Cc1cc(OC2(C)CC(C)(N)C2(C)C)cc(C)c1C#N. The van der Waals surface area contributed by atoms with E-state index < -0.39 is 0 Å². The number of nitriles is 1. The van der Waals surface area contributed by atoms with Gasteiger partial charge in [-0.25, -0.2) is 0 Å². The van der Waals surface area contributed by atoms with Crippen molar-refractivity contribution >= 4 is 0 Å². The molecular weight excluding hydrogens is 248 g/mol. The van der Waals surface area contributed by atoms with Crippen molar-refractivity contribution in [1.82, 2.24) is 0 Å². The zero-order chi connectivity index (χ0) is 15.3. The molecule has 1 aliphatic carbocycles. The van der Waals surface area contributed by atoms with E-state index in [1.54, 1.807) is 0 Å². The fraction of sp³-hybridized carbons (Fsp3) is 0.588. The van der Waals surface area contributed by atoms with E-state index in [1.165, 1.54) is 0 Å². The van der Waals surface area contributed by atoms with Crippen molar-refractivity contribution in [1.29, 1.82) is 5.26 Å². The van der Waals surface area contributed by atoms with Crippen LogP contribution in [-0.4, -0.2) is 11.1 Å². The van der Waals surface area contributed by atoms with Crippen molar-refractivity contribution in [2.24, 2.45) is 11.1 Å². The lowest BCUT2D eigenvalue weighted by molar-refractivity contribution is -0.171. The summed E-state index contributed by atoms with van der Waals surface area (Å²) in [7, 11) is 0. The molecular formula is C17H24N2O. The van der Waals surface area contributed by atoms with E-state index in [2.05, 4.69) is 33.8 Å². The summed E-state index contributed by atoms with van der Waals surface area (Å²) >= 11 is 0. The monoisotopic (exact) mass is 272 g/mol. The van der Waals surface area contributed by atoms with Crippen molar-refractivity contribution in [2.45, 2.75) is 59.1 Å². The van der Waals surface area contributed by atoms with Crippen LogP contribution in [0.25, 0.3) is 0 Å². The lowest BCUT2D eigenvalue weighted by atomic mass is 9.48. The summed E-state index contributed by atoms with van der Waals surface area (Å²) in [6.45, 7) is 12.4. The van der Waals surface area contributed by atoms with Crippen LogP contribution in [0.4, 0.5) is 0 Å². The predicted molar refractivity (Wildman–Crippen MR) is 80.7 cm³/mol. The number of ether oxygens (including phenoxy) is 1. The first-order chi connectivity index (χ1) is 9.04. The summed E-state index contributed by atoms with van der Waals surface area (Å²) in [4.78, 5) is 0. The van der Waals surface area contributed by atoms with Gasteiger partial charge in [0.25, 0.3) is 0 Å². The van der Waals surface area contributed by atoms with Gasteiger partial charge in [0.2, 0.25) is 0 Å². The Kier molecular flexibility index (Phi) is 3.15. The van der Waals surface area contributed by atoms with Crippen LogP contribution in [0.15, 0.2) is 12.1 Å². The highest BCUT2D eigenvalue weighted by Crippen LogP contribution is 2.57. The van der Waals surface area contributed by atoms with Gasteiger partial charge >= 0.3 is 0 Å². The van der Waals surface area contributed by atoms with Gasteiger partial charge in [-0.15, -0.1) is 0 Å². The maximum absolute atomic E-state index is 9.12. The van der Waals surface area contributed by atoms with Crippen molar-refractivity contribution in [3.8, 4) is 11.8 Å². The number of nitrogens with two attached hydrogens (primary N) is 1. The quantitative estimate of drug-likeness (QED) is 0.897. The predicted octanol–water partition coefficient (Wildman–Crippen LogP) is 3.46. The average Bonchev–Trinajstić information content (AvgIpc) is 2.27. The van der Waals surface area contributed by atoms with Gasteiger partial charge in [-0.3, -0.25) is 0 Å². The van der Waals surface area contributed by atoms with E-state index in [4.69, 9.17) is 15.7 Å². The number of nitrogens with zero attached hydrogens (tertiary/aromatic N) is 1. The summed E-state index contributed by atoms with van der Waals surface area (Å²) in [5.74, 6) is 0.824. The number of hydrogen-bond acceptors (Lipinski definition) is 3. The summed E-state index contributed by atoms with van der Waals surface area (Å²) < 4.78 is 6.26. The first-order valence-electron chi connectivity index (χ1n) is 7.03. The standard InChI is InChI=1S/C17H24N2O/c1-11-7-13(8-12(2)14(11)9-18)20-17(6)10-16(5,19)15(17,3)4/h7-8H,10,19H2,1-6H3. The van der Waals surface area contributed by atoms with Crippen LogP contribution >= 0.6 is 0 Å². The molecule has 20 heavy (non-hydrogen) atoms. The van der Waals surface area contributed by atoms with Gasteiger partial charge in [0, 0.05) is 17.4 Å². The molecule has 0 aliphatic heterocycles. The Balaban J connectivity index is 2.31. The molecule has 0 heterocycles. The molecule has 2 rings (SSSR count). The van der Waals surface area contributed by atoms with Crippen LogP contribution in [-0.2, 0) is 0 Å². The van der Waals surface area contributed by atoms with Crippen LogP contribution in [0.1, 0.15) is 50.8 Å². The van der Waals surface area contributed by atoms with Gasteiger partial charge in [0.1, 0.15) is 11.4 Å². The Morgan fingerprint density at radius 1 is 1.15 bits per heavy atom. The van der Waals surface area contributed by atoms with Gasteiger partial charge < -0.3 is 10.5 Å². The average molecular weight is 272 g/mol. The zero-order valence-electron chi connectivity index (χ0n) is 13.3. The fourth-order valence-electron chi connectivity index (χ4n) is 3.22. The van der Waals surface area contributed by atoms with Crippen molar-refractivity contribution in [3.05, 3.63) is 28.8 Å². The zero-order valence-corrected chi connectivity index (χ0v) is 13.3. The number of hydrogen-bond donors (Lipinski definition) is 1. The Morgan fingerprint density at radius 3 is 2.00 bits per heavy atom. The summed E-state index contributed by atoms with van der Waals surface area (Å²) in [6.07, 6.45) is 0.825. The molecule has 0 saturated heterocycles. The number of aryl methyl sites for hydroxylation is 2. The molecule has 2 unspecified atom stereocenters. The summed E-state index contributed by atoms with van der Waals surface area (Å²) in [5, 5.41) is 9.12. The van der Waals surface area contributed by atoms with Gasteiger partial charge in [-0.05, 0) is 51.0 Å². The molecule has 1 fully saturated rings. The second-order valence-corrected chi connectivity index (χ2v) is 7.10. The highest BCUT2D eigenvalue weighted by atomic mass is 16.5. The molecule has 0 spiro atoms. The van der Waals surface area contributed by atoms with E-state index in [1.807, 2.05) is 26.0 Å². The molecule has 0 amide bonds. The minimum atomic E-state index is -0.274. The third-order valence-corrected chi connectivity index (χ3v) is 5.42. The number of benzene rings is 1. The highest BCUT2D eigenvalue weighted by molar-refractivity contribution is 5.48. The van der Waals surface area contributed by atoms with E-state index >= 15 is 0 Å². The minimum absolute atomic E-state index is 0.101. The fourth-order valence-corrected chi connectivity index (χ4v) is 3.22. The largest absolute Gasteiger partial charge is 0.487 e. The van der Waals surface area contributed by atoms with Crippen molar-refractivity contribution in [3.63, 3.8) is 0 Å². The molecule has 2 N–H and O–H groups in total. The van der Waals surface area contributed by atoms with E-state index in [0.717, 1.165) is 28.9 Å². The molecule has 2 atom stereocenters. The first-order valence-corrected chi connectivity index (χ1v) is 7.03. The number of rotatable bonds is 2. The van der Waals surface area contributed by atoms with Crippen LogP contribution in [0.5, 0.6) is 5.75 Å². The van der Waals surface area contributed by atoms with Gasteiger partial charge in [0.05, 0.1) is 11.6 Å². The summed E-state index contributed by atoms with van der Waals surface area (Å²) in [5.41, 5.74) is 8.37. The molecule has 108 valence electrons. The molecule has 1 aromatic rings. The Hall–Kier alpha value is -1.53. The summed E-state index contributed by atoms with van der Waals surface area (Å²) in [6, 6.07) is 6.12. The third kappa shape index (κ3) is 1.91. The minimum Gasteiger partial charge on any atom is -0.487 e. The second-order valence-electron chi connectivity index (χ2n) is 7.10. The Bertz CT molecular complexity index is 572. The van der Waals surface area contributed by atoms with Crippen molar-refractivity contribution in [2.75, 3.05) is 0 Å². The lowest BCUT2D eigenvalue weighted by Crippen LogP contribution is -2.75. The van der Waals surface area contributed by atoms with Crippen LogP contribution in [0.3, 0.4) is 0 Å². The molecule has 3 nitrogen and oxygen atoms in total. The van der Waals surface area contributed by atoms with E-state index in [0.29, 0.717) is 0 Å². The first kappa shape index (κ1) is 14.9. The normalized spacial score (nSPS) is 31.3. The maximum Gasteiger partial charge on any atom is 0.120 e. The molecule has 0 aromatic heterocycles. The van der Waals surface area contributed by atoms with Gasteiger partial charge in [0.15, 0.2) is 0 Å². The smallest absolute Gasteiger partial charge is 0.120 e.